The van der Waals surface area contributed by atoms with Crippen LogP contribution in [0.5, 0.6) is 0 Å². The van der Waals surface area contributed by atoms with Crippen molar-refractivity contribution >= 4 is 5.84 Å². The molecule has 76 valence electrons. The normalized spacial score (nSPS) is 20.7. The van der Waals surface area contributed by atoms with Crippen molar-refractivity contribution in [2.45, 2.75) is 46.5 Å². The average molecular weight is 182 g/mol. The summed E-state index contributed by atoms with van der Waals surface area (Å²) >= 11 is 0. The van der Waals surface area contributed by atoms with Gasteiger partial charge in [-0.3, -0.25) is 4.99 Å². The summed E-state index contributed by atoms with van der Waals surface area (Å²) in [5.41, 5.74) is 0.312. The van der Waals surface area contributed by atoms with Gasteiger partial charge in [0.15, 0.2) is 0 Å². The van der Waals surface area contributed by atoms with E-state index in [4.69, 9.17) is 0 Å². The molecule has 1 aliphatic rings. The molecule has 0 fully saturated rings. The Morgan fingerprint density at radius 1 is 1.46 bits per heavy atom. The van der Waals surface area contributed by atoms with Crippen molar-refractivity contribution in [3.8, 4) is 0 Å². The van der Waals surface area contributed by atoms with Crippen LogP contribution in [0.1, 0.15) is 46.5 Å². The van der Waals surface area contributed by atoms with Crippen molar-refractivity contribution in [1.29, 1.82) is 0 Å². The summed E-state index contributed by atoms with van der Waals surface area (Å²) < 4.78 is 0. The Morgan fingerprint density at radius 2 is 2.23 bits per heavy atom. The van der Waals surface area contributed by atoms with Gasteiger partial charge in [-0.2, -0.15) is 0 Å². The van der Waals surface area contributed by atoms with Crippen LogP contribution in [0, 0.1) is 5.41 Å². The van der Waals surface area contributed by atoms with Crippen molar-refractivity contribution in [1.82, 2.24) is 5.32 Å². The zero-order chi connectivity index (χ0) is 9.73. The Labute approximate surface area is 81.8 Å². The van der Waals surface area contributed by atoms with Crippen LogP contribution in [0.15, 0.2) is 4.99 Å². The monoisotopic (exact) mass is 182 g/mol. The molecule has 0 saturated heterocycles. The standard InChI is InChI=1S/C11H22N2/c1-4-6-7-11(3,5-2)10-12-8-9-13-10/h4-9H2,1-3H3,(H,12,13). The Balaban J connectivity index is 2.56. The van der Waals surface area contributed by atoms with Crippen LogP contribution in [0.3, 0.4) is 0 Å². The zero-order valence-corrected chi connectivity index (χ0v) is 9.19. The van der Waals surface area contributed by atoms with Crippen molar-refractivity contribution < 1.29 is 0 Å². The van der Waals surface area contributed by atoms with Crippen LogP contribution in [-0.4, -0.2) is 18.9 Å². The van der Waals surface area contributed by atoms with Gasteiger partial charge >= 0.3 is 0 Å². The molecule has 2 heteroatoms. The first kappa shape index (κ1) is 10.6. The van der Waals surface area contributed by atoms with Gasteiger partial charge in [0.1, 0.15) is 5.84 Å². The summed E-state index contributed by atoms with van der Waals surface area (Å²) in [6.45, 7) is 8.85. The van der Waals surface area contributed by atoms with Gasteiger partial charge in [0.2, 0.25) is 0 Å². The lowest BCUT2D eigenvalue weighted by Gasteiger charge is -2.28. The van der Waals surface area contributed by atoms with Crippen LogP contribution >= 0.6 is 0 Å². The lowest BCUT2D eigenvalue weighted by Crippen LogP contribution is -2.35. The molecule has 1 N–H and O–H groups in total. The highest BCUT2D eigenvalue weighted by Crippen LogP contribution is 2.29. The molecular weight excluding hydrogens is 160 g/mol. The second-order valence-electron chi connectivity index (χ2n) is 4.17. The van der Waals surface area contributed by atoms with E-state index in [1.54, 1.807) is 0 Å². The van der Waals surface area contributed by atoms with Gasteiger partial charge < -0.3 is 5.32 Å². The average Bonchev–Trinajstić information content (AvgIpc) is 2.67. The summed E-state index contributed by atoms with van der Waals surface area (Å²) in [7, 11) is 0. The molecule has 1 unspecified atom stereocenters. The molecule has 0 aromatic carbocycles. The Hall–Kier alpha value is -0.530. The van der Waals surface area contributed by atoms with Crippen LogP contribution in [0.4, 0.5) is 0 Å². The molecule has 0 aromatic rings. The van der Waals surface area contributed by atoms with E-state index >= 15 is 0 Å². The van der Waals surface area contributed by atoms with Crippen molar-refractivity contribution in [3.05, 3.63) is 0 Å². The molecule has 0 aromatic heterocycles. The van der Waals surface area contributed by atoms with Crippen LogP contribution < -0.4 is 5.32 Å². The van der Waals surface area contributed by atoms with Crippen LogP contribution in [0.2, 0.25) is 0 Å². The molecule has 0 bridgehead atoms. The van der Waals surface area contributed by atoms with Gasteiger partial charge in [-0.15, -0.1) is 0 Å². The molecule has 0 spiro atoms. The first-order valence-corrected chi connectivity index (χ1v) is 5.51. The molecular formula is C11H22N2. The van der Waals surface area contributed by atoms with E-state index in [0.29, 0.717) is 5.41 Å². The third kappa shape index (κ3) is 2.45. The molecule has 13 heavy (non-hydrogen) atoms. The van der Waals surface area contributed by atoms with Gasteiger partial charge in [0.05, 0.1) is 6.54 Å². The quantitative estimate of drug-likeness (QED) is 0.694. The van der Waals surface area contributed by atoms with Crippen LogP contribution in [-0.2, 0) is 0 Å². The van der Waals surface area contributed by atoms with Gasteiger partial charge in [-0.1, -0.05) is 33.6 Å². The third-order valence-electron chi connectivity index (χ3n) is 3.11. The second kappa shape index (κ2) is 4.64. The maximum absolute atomic E-state index is 4.54. The largest absolute Gasteiger partial charge is 0.372 e. The Bertz CT molecular complexity index is 187. The van der Waals surface area contributed by atoms with Crippen LogP contribution in [0.25, 0.3) is 0 Å². The molecule has 0 aliphatic carbocycles. The number of amidine groups is 1. The van der Waals surface area contributed by atoms with Crippen molar-refractivity contribution in [3.63, 3.8) is 0 Å². The predicted octanol–water partition coefficient (Wildman–Crippen LogP) is 2.59. The second-order valence-corrected chi connectivity index (χ2v) is 4.17. The lowest BCUT2D eigenvalue weighted by atomic mass is 9.81. The molecule has 1 heterocycles. The van der Waals surface area contributed by atoms with E-state index in [0.717, 1.165) is 13.1 Å². The van der Waals surface area contributed by atoms with E-state index in [-0.39, 0.29) is 0 Å². The fraction of sp³-hybridized carbons (Fsp3) is 0.909. The summed E-state index contributed by atoms with van der Waals surface area (Å²) in [5, 5.41) is 3.41. The summed E-state index contributed by atoms with van der Waals surface area (Å²) in [6, 6.07) is 0. The van der Waals surface area contributed by atoms with E-state index < -0.39 is 0 Å². The SMILES string of the molecule is CCCCC(C)(CC)C1=NCCN1. The number of unbranched alkanes of at least 4 members (excludes halogenated alkanes) is 1. The predicted molar refractivity (Wildman–Crippen MR) is 58.2 cm³/mol. The van der Waals surface area contributed by atoms with E-state index in [1.165, 1.54) is 31.5 Å². The Kier molecular flexibility index (Phi) is 3.76. The van der Waals surface area contributed by atoms with Crippen molar-refractivity contribution in [2.24, 2.45) is 10.4 Å². The van der Waals surface area contributed by atoms with E-state index in [2.05, 4.69) is 31.1 Å². The fourth-order valence-electron chi connectivity index (χ4n) is 1.83. The van der Waals surface area contributed by atoms with Gasteiger partial charge in [-0.25, -0.2) is 0 Å². The number of nitrogens with zero attached hydrogens (tertiary/aromatic N) is 1. The van der Waals surface area contributed by atoms with E-state index in [9.17, 15) is 0 Å². The first-order chi connectivity index (χ1) is 6.23. The zero-order valence-electron chi connectivity index (χ0n) is 9.19. The van der Waals surface area contributed by atoms with Gasteiger partial charge in [0, 0.05) is 12.0 Å². The number of rotatable bonds is 5. The molecule has 1 aliphatic heterocycles. The maximum atomic E-state index is 4.54. The van der Waals surface area contributed by atoms with Gasteiger partial charge in [-0.05, 0) is 12.8 Å². The summed E-state index contributed by atoms with van der Waals surface area (Å²) in [5.74, 6) is 1.25. The topological polar surface area (TPSA) is 24.4 Å². The number of hydrogen-bond acceptors (Lipinski definition) is 2. The third-order valence-corrected chi connectivity index (χ3v) is 3.11. The van der Waals surface area contributed by atoms with Gasteiger partial charge in [0.25, 0.3) is 0 Å². The first-order valence-electron chi connectivity index (χ1n) is 5.51. The highest BCUT2D eigenvalue weighted by Gasteiger charge is 2.29. The minimum absolute atomic E-state index is 0.312. The highest BCUT2D eigenvalue weighted by atomic mass is 15.1. The molecule has 2 nitrogen and oxygen atoms in total. The molecule has 0 saturated carbocycles. The Morgan fingerprint density at radius 3 is 2.69 bits per heavy atom. The van der Waals surface area contributed by atoms with Crippen molar-refractivity contribution in [2.75, 3.05) is 13.1 Å². The van der Waals surface area contributed by atoms with E-state index in [1.807, 2.05) is 0 Å². The lowest BCUT2D eigenvalue weighted by molar-refractivity contribution is 0.389. The maximum Gasteiger partial charge on any atom is 0.102 e. The molecule has 0 radical (unpaired) electrons. The molecule has 0 amide bonds. The molecule has 1 rings (SSSR count). The number of aliphatic imine (C=N–C) groups is 1. The summed E-state index contributed by atoms with van der Waals surface area (Å²) in [4.78, 5) is 4.54. The summed E-state index contributed by atoms with van der Waals surface area (Å²) in [6.07, 6.45) is 5.05. The fourth-order valence-corrected chi connectivity index (χ4v) is 1.83. The minimum atomic E-state index is 0.312. The number of nitrogens with one attached hydrogen (secondary N) is 1. The smallest absolute Gasteiger partial charge is 0.102 e. The minimum Gasteiger partial charge on any atom is -0.372 e. The highest BCUT2D eigenvalue weighted by molar-refractivity contribution is 5.88. The number of hydrogen-bond donors (Lipinski definition) is 1. The molecule has 1 atom stereocenters.